The number of aromatic carboxylic acids is 1. The number of nitrogens with zero attached hydrogens (tertiary/aromatic N) is 3. The van der Waals surface area contributed by atoms with Crippen LogP contribution in [0.3, 0.4) is 0 Å². The summed E-state index contributed by atoms with van der Waals surface area (Å²) in [6.45, 7) is 3.51. The van der Waals surface area contributed by atoms with Gasteiger partial charge in [-0.3, -0.25) is 10.1 Å². The van der Waals surface area contributed by atoms with E-state index in [0.29, 0.717) is 11.4 Å². The molecule has 7 heteroatoms. The molecule has 0 aliphatic heterocycles. The zero-order valence-electron chi connectivity index (χ0n) is 10.3. The van der Waals surface area contributed by atoms with Crippen molar-refractivity contribution in [2.45, 2.75) is 13.8 Å². The van der Waals surface area contributed by atoms with Gasteiger partial charge in [-0.25, -0.2) is 9.48 Å². The molecule has 2 aromatic rings. The van der Waals surface area contributed by atoms with Crippen molar-refractivity contribution in [1.82, 2.24) is 9.78 Å². The van der Waals surface area contributed by atoms with Gasteiger partial charge in [0, 0.05) is 11.8 Å². The summed E-state index contributed by atoms with van der Waals surface area (Å²) >= 11 is 0. The SMILES string of the molecule is Cc1cc(C)n(-c2cc(C(=O)O)ccc2[N+](=O)[O-])n1. The number of benzene rings is 1. The standard InChI is InChI=1S/C12H11N3O4/c1-7-5-8(2)14(13-7)11-6-9(12(16)17)3-4-10(11)15(18)19/h3-6H,1-2H3,(H,16,17). The predicted molar refractivity (Wildman–Crippen MR) is 66.7 cm³/mol. The number of hydrogen-bond donors (Lipinski definition) is 1. The van der Waals surface area contributed by atoms with Gasteiger partial charge >= 0.3 is 5.97 Å². The smallest absolute Gasteiger partial charge is 0.335 e. The molecule has 0 radical (unpaired) electrons. The minimum atomic E-state index is -1.14. The first kappa shape index (κ1) is 12.7. The Morgan fingerprint density at radius 3 is 2.53 bits per heavy atom. The zero-order chi connectivity index (χ0) is 14.2. The monoisotopic (exact) mass is 261 g/mol. The number of nitro benzene ring substituents is 1. The fourth-order valence-corrected chi connectivity index (χ4v) is 1.85. The molecule has 0 spiro atoms. The van der Waals surface area contributed by atoms with Crippen LogP contribution >= 0.6 is 0 Å². The number of aromatic nitrogens is 2. The molecule has 1 heterocycles. The minimum absolute atomic E-state index is 0.0202. The van der Waals surface area contributed by atoms with Gasteiger partial charge in [0.25, 0.3) is 5.69 Å². The van der Waals surface area contributed by atoms with Crippen LogP contribution in [0, 0.1) is 24.0 Å². The van der Waals surface area contributed by atoms with E-state index in [0.717, 1.165) is 0 Å². The van der Waals surface area contributed by atoms with Gasteiger partial charge in [0.2, 0.25) is 0 Å². The summed E-state index contributed by atoms with van der Waals surface area (Å²) in [5.74, 6) is -1.14. The van der Waals surface area contributed by atoms with Gasteiger partial charge in [-0.15, -0.1) is 0 Å². The number of hydrogen-bond acceptors (Lipinski definition) is 4. The van der Waals surface area contributed by atoms with Crippen LogP contribution in [0.1, 0.15) is 21.7 Å². The second-order valence-electron chi connectivity index (χ2n) is 4.10. The molecule has 0 fully saturated rings. The summed E-state index contributed by atoms with van der Waals surface area (Å²) < 4.78 is 1.37. The molecule has 19 heavy (non-hydrogen) atoms. The predicted octanol–water partition coefficient (Wildman–Crippen LogP) is 2.10. The molecular weight excluding hydrogens is 250 g/mol. The average molecular weight is 261 g/mol. The molecule has 1 aromatic heterocycles. The van der Waals surface area contributed by atoms with Gasteiger partial charge in [-0.1, -0.05) is 0 Å². The molecule has 0 unspecified atom stereocenters. The molecule has 0 amide bonds. The van der Waals surface area contributed by atoms with Crippen LogP contribution in [0.2, 0.25) is 0 Å². The van der Waals surface area contributed by atoms with Crippen LogP contribution in [0.15, 0.2) is 24.3 Å². The lowest BCUT2D eigenvalue weighted by Crippen LogP contribution is -2.06. The normalized spacial score (nSPS) is 10.4. The first-order valence-electron chi connectivity index (χ1n) is 5.45. The first-order chi connectivity index (χ1) is 8.90. The van der Waals surface area contributed by atoms with Gasteiger partial charge < -0.3 is 5.11 Å². The number of carboxylic acids is 1. The Hall–Kier alpha value is -2.70. The quantitative estimate of drug-likeness (QED) is 0.673. The molecule has 1 N–H and O–H groups in total. The fourth-order valence-electron chi connectivity index (χ4n) is 1.85. The third-order valence-corrected chi connectivity index (χ3v) is 2.66. The Balaban J connectivity index is 2.71. The zero-order valence-corrected chi connectivity index (χ0v) is 10.3. The first-order valence-corrected chi connectivity index (χ1v) is 5.45. The topological polar surface area (TPSA) is 98.3 Å². The third kappa shape index (κ3) is 2.30. The summed E-state index contributed by atoms with van der Waals surface area (Å²) in [5.41, 5.74) is 1.34. The van der Waals surface area contributed by atoms with Crippen molar-refractivity contribution in [1.29, 1.82) is 0 Å². The third-order valence-electron chi connectivity index (χ3n) is 2.66. The van der Waals surface area contributed by atoms with Crippen molar-refractivity contribution in [3.05, 3.63) is 51.3 Å². The second kappa shape index (κ2) is 4.52. The lowest BCUT2D eigenvalue weighted by Gasteiger charge is -2.06. The van der Waals surface area contributed by atoms with Crippen molar-refractivity contribution < 1.29 is 14.8 Å². The van der Waals surface area contributed by atoms with E-state index in [1.807, 2.05) is 0 Å². The van der Waals surface area contributed by atoms with Crippen LogP contribution in [-0.2, 0) is 0 Å². The van der Waals surface area contributed by atoms with Crippen LogP contribution in [0.4, 0.5) is 5.69 Å². The Labute approximate surface area is 108 Å². The number of nitro groups is 1. The van der Waals surface area contributed by atoms with Crippen LogP contribution in [-0.4, -0.2) is 25.8 Å². The van der Waals surface area contributed by atoms with E-state index in [4.69, 9.17) is 5.11 Å². The summed E-state index contributed by atoms with van der Waals surface area (Å²) in [5, 5.41) is 24.1. The van der Waals surface area contributed by atoms with E-state index in [9.17, 15) is 14.9 Å². The number of aryl methyl sites for hydroxylation is 2. The lowest BCUT2D eigenvalue weighted by molar-refractivity contribution is -0.384. The Morgan fingerprint density at radius 2 is 2.05 bits per heavy atom. The summed E-state index contributed by atoms with van der Waals surface area (Å²) in [6.07, 6.45) is 0. The molecule has 0 saturated heterocycles. The fraction of sp³-hybridized carbons (Fsp3) is 0.167. The molecule has 0 saturated carbocycles. The molecule has 0 bridgehead atoms. The van der Waals surface area contributed by atoms with Gasteiger partial charge in [-0.05, 0) is 32.0 Å². The van der Waals surface area contributed by atoms with Crippen molar-refractivity contribution in [2.24, 2.45) is 0 Å². The van der Waals surface area contributed by atoms with Crippen molar-refractivity contribution in [2.75, 3.05) is 0 Å². The van der Waals surface area contributed by atoms with Gasteiger partial charge in [0.1, 0.15) is 5.69 Å². The number of carbonyl (C=O) groups is 1. The largest absolute Gasteiger partial charge is 0.478 e. The van der Waals surface area contributed by atoms with E-state index in [2.05, 4.69) is 5.10 Å². The lowest BCUT2D eigenvalue weighted by atomic mass is 10.1. The molecule has 2 rings (SSSR count). The summed E-state index contributed by atoms with van der Waals surface area (Å²) in [7, 11) is 0. The molecule has 1 aromatic carbocycles. The highest BCUT2D eigenvalue weighted by molar-refractivity contribution is 5.89. The molecule has 0 aliphatic rings. The molecular formula is C12H11N3O4. The van der Waals surface area contributed by atoms with Gasteiger partial charge in [0.05, 0.1) is 16.2 Å². The van der Waals surface area contributed by atoms with E-state index in [1.165, 1.54) is 22.9 Å². The van der Waals surface area contributed by atoms with Gasteiger partial charge in [-0.2, -0.15) is 5.10 Å². The average Bonchev–Trinajstić information content (AvgIpc) is 2.67. The Bertz CT molecular complexity index is 676. The number of rotatable bonds is 3. The van der Waals surface area contributed by atoms with E-state index >= 15 is 0 Å². The number of carboxylic acid groups (broad SMARTS) is 1. The van der Waals surface area contributed by atoms with Crippen LogP contribution in [0.25, 0.3) is 5.69 Å². The van der Waals surface area contributed by atoms with E-state index in [-0.39, 0.29) is 16.9 Å². The highest BCUT2D eigenvalue weighted by Gasteiger charge is 2.19. The second-order valence-corrected chi connectivity index (χ2v) is 4.10. The summed E-state index contributed by atoms with van der Waals surface area (Å²) in [6, 6.07) is 5.39. The highest BCUT2D eigenvalue weighted by Crippen LogP contribution is 2.25. The molecule has 0 aliphatic carbocycles. The highest BCUT2D eigenvalue weighted by atomic mass is 16.6. The van der Waals surface area contributed by atoms with Crippen molar-refractivity contribution in [3.8, 4) is 5.69 Å². The van der Waals surface area contributed by atoms with Crippen molar-refractivity contribution >= 4 is 11.7 Å². The molecule has 0 atom stereocenters. The van der Waals surface area contributed by atoms with Crippen LogP contribution in [0.5, 0.6) is 0 Å². The van der Waals surface area contributed by atoms with Crippen LogP contribution < -0.4 is 0 Å². The van der Waals surface area contributed by atoms with E-state index in [1.54, 1.807) is 19.9 Å². The van der Waals surface area contributed by atoms with Gasteiger partial charge in [0.15, 0.2) is 0 Å². The van der Waals surface area contributed by atoms with Crippen molar-refractivity contribution in [3.63, 3.8) is 0 Å². The Morgan fingerprint density at radius 1 is 1.37 bits per heavy atom. The minimum Gasteiger partial charge on any atom is -0.478 e. The summed E-state index contributed by atoms with van der Waals surface area (Å²) in [4.78, 5) is 21.4. The Kier molecular flexibility index (Phi) is 3.04. The maximum atomic E-state index is 11.0. The molecule has 7 nitrogen and oxygen atoms in total. The maximum absolute atomic E-state index is 11.0. The molecule has 98 valence electrons. The maximum Gasteiger partial charge on any atom is 0.335 e. The van der Waals surface area contributed by atoms with E-state index < -0.39 is 10.9 Å².